The Morgan fingerprint density at radius 1 is 0.921 bits per heavy atom. The molecule has 0 radical (unpaired) electrons. The molecule has 0 spiro atoms. The first kappa shape index (κ1) is 25.0. The van der Waals surface area contributed by atoms with E-state index < -0.39 is 11.6 Å². The Morgan fingerprint density at radius 3 is 2.47 bits per heavy atom. The van der Waals surface area contributed by atoms with Gasteiger partial charge in [-0.1, -0.05) is 18.9 Å². The number of likely N-dealkylation sites (tertiary alicyclic amines) is 1. The molecule has 0 unspecified atom stereocenters. The van der Waals surface area contributed by atoms with Gasteiger partial charge in [0.2, 0.25) is 5.95 Å². The quantitative estimate of drug-likeness (QED) is 0.426. The molecule has 2 aromatic carbocycles. The number of fused-ring (bicyclic) bond motifs is 1. The molecule has 3 heterocycles. The number of nitrogens with zero attached hydrogens (tertiary/aromatic N) is 4. The van der Waals surface area contributed by atoms with Crippen LogP contribution in [0.5, 0.6) is 5.75 Å². The third-order valence-corrected chi connectivity index (χ3v) is 8.11. The zero-order chi connectivity index (χ0) is 26.2. The van der Waals surface area contributed by atoms with Gasteiger partial charge in [0.05, 0.1) is 18.4 Å². The molecule has 1 aromatic heterocycles. The summed E-state index contributed by atoms with van der Waals surface area (Å²) in [5.41, 5.74) is 2.10. The van der Waals surface area contributed by atoms with Crippen LogP contribution < -0.4 is 15.0 Å². The molecule has 6 rings (SSSR count). The molecule has 0 atom stereocenters. The zero-order valence-corrected chi connectivity index (χ0v) is 21.5. The molecular weight excluding hydrogens is 491 g/mol. The first-order valence-corrected chi connectivity index (χ1v) is 13.5. The van der Waals surface area contributed by atoms with E-state index in [1.165, 1.54) is 12.1 Å². The predicted molar refractivity (Wildman–Crippen MR) is 142 cm³/mol. The lowest BCUT2D eigenvalue weighted by atomic mass is 9.89. The van der Waals surface area contributed by atoms with Gasteiger partial charge in [-0.3, -0.25) is 0 Å². The molecule has 3 aromatic rings. The van der Waals surface area contributed by atoms with Gasteiger partial charge in [0.25, 0.3) is 0 Å². The van der Waals surface area contributed by atoms with Crippen LogP contribution >= 0.6 is 0 Å². The second-order valence-corrected chi connectivity index (χ2v) is 10.6. The molecule has 0 amide bonds. The Kier molecular flexibility index (Phi) is 6.86. The summed E-state index contributed by atoms with van der Waals surface area (Å²) in [6, 6.07) is 8.35. The molecule has 9 heteroatoms. The van der Waals surface area contributed by atoms with Crippen LogP contribution in [0.3, 0.4) is 0 Å². The normalized spacial score (nSPS) is 18.9. The molecule has 1 N–H and O–H groups in total. The molecule has 1 saturated heterocycles. The van der Waals surface area contributed by atoms with E-state index in [9.17, 15) is 8.78 Å². The van der Waals surface area contributed by atoms with Gasteiger partial charge < -0.3 is 19.9 Å². The van der Waals surface area contributed by atoms with E-state index in [4.69, 9.17) is 4.74 Å². The lowest BCUT2D eigenvalue weighted by molar-refractivity contribution is 0.253. The molecule has 3 aliphatic rings. The summed E-state index contributed by atoms with van der Waals surface area (Å²) < 4.78 is 50.7. The van der Waals surface area contributed by atoms with E-state index in [0.29, 0.717) is 41.7 Å². The summed E-state index contributed by atoms with van der Waals surface area (Å²) in [7, 11) is 2.08. The summed E-state index contributed by atoms with van der Waals surface area (Å²) in [6.07, 6.45) is 7.29. The predicted octanol–water partition coefficient (Wildman–Crippen LogP) is 6.26. The SMILES string of the molecule is CN1CCC(c2ccc(Nc3ncc(F)c(-c4cc(F)c5c(c4)N(C4CCCC4)CCO5)n3)cc2F)CC1. The molecule has 2 aliphatic heterocycles. The third kappa shape index (κ3) is 4.91. The number of rotatable bonds is 5. The van der Waals surface area contributed by atoms with E-state index in [0.717, 1.165) is 57.8 Å². The van der Waals surface area contributed by atoms with Gasteiger partial charge in [-0.15, -0.1) is 0 Å². The van der Waals surface area contributed by atoms with Crippen LogP contribution in [0.1, 0.15) is 50.0 Å². The third-order valence-electron chi connectivity index (χ3n) is 8.11. The van der Waals surface area contributed by atoms with Crippen molar-refractivity contribution in [2.75, 3.05) is 43.5 Å². The number of piperidine rings is 1. The van der Waals surface area contributed by atoms with Crippen molar-refractivity contribution in [1.82, 2.24) is 14.9 Å². The first-order chi connectivity index (χ1) is 18.5. The Labute approximate surface area is 220 Å². The molecule has 1 saturated carbocycles. The molecule has 1 aliphatic carbocycles. The van der Waals surface area contributed by atoms with E-state index in [1.54, 1.807) is 18.2 Å². The fourth-order valence-corrected chi connectivity index (χ4v) is 6.05. The van der Waals surface area contributed by atoms with Gasteiger partial charge >= 0.3 is 0 Å². The van der Waals surface area contributed by atoms with Gasteiger partial charge in [-0.2, -0.15) is 0 Å². The number of halogens is 3. The highest BCUT2D eigenvalue weighted by Gasteiger charge is 2.30. The standard InChI is InChI=1S/C29H32F3N5O/c1-36-10-8-18(9-11-36)22-7-6-20(16-23(22)30)34-29-33-17-25(32)27(35-29)19-14-24(31)28-26(15-19)37(12-13-38-28)21-4-2-3-5-21/h6-7,14-18,21H,2-5,8-13H2,1H3,(H,33,34,35). The van der Waals surface area contributed by atoms with Gasteiger partial charge in [-0.05, 0) is 81.6 Å². The minimum atomic E-state index is -0.664. The van der Waals surface area contributed by atoms with Gasteiger partial charge in [-0.25, -0.2) is 23.1 Å². The monoisotopic (exact) mass is 523 g/mol. The fourth-order valence-electron chi connectivity index (χ4n) is 6.05. The van der Waals surface area contributed by atoms with Crippen molar-refractivity contribution in [3.8, 4) is 17.0 Å². The van der Waals surface area contributed by atoms with Crippen LogP contribution in [0.25, 0.3) is 11.3 Å². The second-order valence-electron chi connectivity index (χ2n) is 10.6. The molecule has 2 fully saturated rings. The zero-order valence-electron chi connectivity index (χ0n) is 21.5. The summed E-state index contributed by atoms with van der Waals surface area (Å²) >= 11 is 0. The Morgan fingerprint density at radius 2 is 1.71 bits per heavy atom. The van der Waals surface area contributed by atoms with Crippen molar-refractivity contribution in [3.63, 3.8) is 0 Å². The minimum absolute atomic E-state index is 0.0236. The molecule has 0 bridgehead atoms. The topological polar surface area (TPSA) is 53.5 Å². The van der Waals surface area contributed by atoms with Crippen LogP contribution in [0.4, 0.5) is 30.5 Å². The largest absolute Gasteiger partial charge is 0.486 e. The van der Waals surface area contributed by atoms with Crippen molar-refractivity contribution in [3.05, 3.63) is 59.5 Å². The van der Waals surface area contributed by atoms with Crippen LogP contribution in [-0.4, -0.2) is 54.2 Å². The van der Waals surface area contributed by atoms with Crippen molar-refractivity contribution >= 4 is 17.3 Å². The van der Waals surface area contributed by atoms with Gasteiger partial charge in [0.15, 0.2) is 17.4 Å². The number of nitrogens with one attached hydrogen (secondary N) is 1. The highest BCUT2D eigenvalue weighted by molar-refractivity contribution is 5.73. The van der Waals surface area contributed by atoms with Gasteiger partial charge in [0.1, 0.15) is 18.1 Å². The molecule has 38 heavy (non-hydrogen) atoms. The Hall–Kier alpha value is -3.33. The van der Waals surface area contributed by atoms with Crippen molar-refractivity contribution < 1.29 is 17.9 Å². The van der Waals surface area contributed by atoms with E-state index in [1.807, 2.05) is 0 Å². The highest BCUT2D eigenvalue weighted by atomic mass is 19.1. The highest BCUT2D eigenvalue weighted by Crippen LogP contribution is 2.41. The second kappa shape index (κ2) is 10.4. The molecule has 6 nitrogen and oxygen atoms in total. The lowest BCUT2D eigenvalue weighted by Crippen LogP contribution is -2.40. The summed E-state index contributed by atoms with van der Waals surface area (Å²) in [5.74, 6) is -0.979. The van der Waals surface area contributed by atoms with Crippen LogP contribution in [0.15, 0.2) is 36.5 Å². The maximum absolute atomic E-state index is 15.1. The van der Waals surface area contributed by atoms with Crippen LogP contribution in [0, 0.1) is 17.5 Å². The number of anilines is 3. The number of ether oxygens (including phenoxy) is 1. The molecular formula is C29H32F3N5O. The lowest BCUT2D eigenvalue weighted by Gasteiger charge is -2.36. The first-order valence-electron chi connectivity index (χ1n) is 13.5. The van der Waals surface area contributed by atoms with E-state index in [-0.39, 0.29) is 29.1 Å². The maximum atomic E-state index is 15.1. The van der Waals surface area contributed by atoms with Crippen molar-refractivity contribution in [2.45, 2.75) is 50.5 Å². The summed E-state index contributed by atoms with van der Waals surface area (Å²) in [6.45, 7) is 2.98. The Bertz CT molecular complexity index is 1320. The van der Waals surface area contributed by atoms with Crippen molar-refractivity contribution in [1.29, 1.82) is 0 Å². The maximum Gasteiger partial charge on any atom is 0.227 e. The summed E-state index contributed by atoms with van der Waals surface area (Å²) in [4.78, 5) is 12.8. The number of benzene rings is 2. The van der Waals surface area contributed by atoms with E-state index in [2.05, 4.69) is 32.1 Å². The van der Waals surface area contributed by atoms with Gasteiger partial charge in [0, 0.05) is 17.3 Å². The van der Waals surface area contributed by atoms with Crippen molar-refractivity contribution in [2.24, 2.45) is 0 Å². The number of hydrogen-bond donors (Lipinski definition) is 1. The fraction of sp³-hybridized carbons (Fsp3) is 0.448. The van der Waals surface area contributed by atoms with E-state index >= 15 is 4.39 Å². The number of aromatic nitrogens is 2. The molecule has 200 valence electrons. The minimum Gasteiger partial charge on any atom is -0.486 e. The average molecular weight is 524 g/mol. The van der Waals surface area contributed by atoms with Crippen LogP contribution in [0.2, 0.25) is 0 Å². The summed E-state index contributed by atoms with van der Waals surface area (Å²) in [5, 5.41) is 2.98. The smallest absolute Gasteiger partial charge is 0.227 e. The average Bonchev–Trinajstić information content (AvgIpc) is 3.45. The Balaban J connectivity index is 1.27. The van der Waals surface area contributed by atoms with Crippen LogP contribution in [-0.2, 0) is 0 Å². The number of hydrogen-bond acceptors (Lipinski definition) is 6.